The van der Waals surface area contributed by atoms with E-state index in [2.05, 4.69) is 5.10 Å². The Morgan fingerprint density at radius 2 is 2.29 bits per heavy atom. The highest BCUT2D eigenvalue weighted by molar-refractivity contribution is 5.94. The number of fused-ring (bicyclic) bond motifs is 1. The molecule has 0 aliphatic heterocycles. The zero-order valence-corrected chi connectivity index (χ0v) is 8.32. The van der Waals surface area contributed by atoms with Gasteiger partial charge in [-0.2, -0.15) is 5.10 Å². The Kier molecular flexibility index (Phi) is 2.04. The van der Waals surface area contributed by atoms with Gasteiger partial charge in [-0.3, -0.25) is 0 Å². The van der Waals surface area contributed by atoms with Crippen LogP contribution < -0.4 is 10.5 Å². The number of rotatable bonds is 2. The number of hydrogen-bond donors (Lipinski definition) is 1. The lowest BCUT2D eigenvalue weighted by Gasteiger charge is -2.01. The van der Waals surface area contributed by atoms with Crippen LogP contribution in [0.5, 0.6) is 5.75 Å². The van der Waals surface area contributed by atoms with E-state index in [1.807, 2.05) is 25.1 Å². The number of aryl methyl sites for hydroxylation is 1. The van der Waals surface area contributed by atoms with Crippen molar-refractivity contribution < 1.29 is 4.74 Å². The Morgan fingerprint density at radius 1 is 1.50 bits per heavy atom. The highest BCUT2D eigenvalue weighted by atomic mass is 16.5. The van der Waals surface area contributed by atoms with Gasteiger partial charge in [0, 0.05) is 6.54 Å². The van der Waals surface area contributed by atoms with Crippen LogP contribution in [-0.4, -0.2) is 16.9 Å². The van der Waals surface area contributed by atoms with E-state index in [-0.39, 0.29) is 0 Å². The summed E-state index contributed by atoms with van der Waals surface area (Å²) in [5.41, 5.74) is 6.82. The van der Waals surface area contributed by atoms with E-state index in [9.17, 15) is 0 Å². The van der Waals surface area contributed by atoms with Gasteiger partial charge >= 0.3 is 0 Å². The van der Waals surface area contributed by atoms with Crippen molar-refractivity contribution in [3.05, 3.63) is 18.2 Å². The smallest absolute Gasteiger partial charge is 0.133 e. The third-order valence-electron chi connectivity index (χ3n) is 2.29. The van der Waals surface area contributed by atoms with E-state index in [0.717, 1.165) is 23.2 Å². The molecule has 0 aliphatic rings. The number of nitrogens with two attached hydrogens (primary N) is 1. The van der Waals surface area contributed by atoms with Crippen molar-refractivity contribution in [2.75, 3.05) is 12.8 Å². The average Bonchev–Trinajstić information content (AvgIpc) is 2.55. The highest BCUT2D eigenvalue weighted by Crippen LogP contribution is 2.29. The van der Waals surface area contributed by atoms with Crippen LogP contribution in [0.25, 0.3) is 10.9 Å². The third kappa shape index (κ3) is 1.11. The van der Waals surface area contributed by atoms with Crippen LogP contribution in [-0.2, 0) is 6.54 Å². The first-order chi connectivity index (χ1) is 6.77. The van der Waals surface area contributed by atoms with Gasteiger partial charge in [-0.25, -0.2) is 4.68 Å². The van der Waals surface area contributed by atoms with Crippen molar-refractivity contribution in [1.82, 2.24) is 9.78 Å². The van der Waals surface area contributed by atoms with Gasteiger partial charge in [0.05, 0.1) is 18.0 Å². The average molecular weight is 191 g/mol. The Morgan fingerprint density at radius 3 is 2.93 bits per heavy atom. The second-order valence-electron chi connectivity index (χ2n) is 3.06. The maximum Gasteiger partial charge on any atom is 0.133 e. The Hall–Kier alpha value is -1.71. The largest absolute Gasteiger partial charge is 0.496 e. The lowest BCUT2D eigenvalue weighted by molar-refractivity contribution is 0.420. The molecule has 0 atom stereocenters. The summed E-state index contributed by atoms with van der Waals surface area (Å²) in [4.78, 5) is 0. The summed E-state index contributed by atoms with van der Waals surface area (Å²) >= 11 is 0. The van der Waals surface area contributed by atoms with Gasteiger partial charge in [0.25, 0.3) is 0 Å². The summed E-state index contributed by atoms with van der Waals surface area (Å²) in [6.45, 7) is 2.78. The molecule has 1 heterocycles. The molecule has 4 nitrogen and oxygen atoms in total. The molecule has 0 unspecified atom stereocenters. The number of nitrogen functional groups attached to an aromatic ring is 1. The van der Waals surface area contributed by atoms with Crippen LogP contribution in [0.4, 0.5) is 5.82 Å². The monoisotopic (exact) mass is 191 g/mol. The molecule has 2 rings (SSSR count). The fourth-order valence-electron chi connectivity index (χ4n) is 1.58. The van der Waals surface area contributed by atoms with E-state index in [1.165, 1.54) is 0 Å². The van der Waals surface area contributed by atoms with Crippen LogP contribution in [0.3, 0.4) is 0 Å². The van der Waals surface area contributed by atoms with E-state index < -0.39 is 0 Å². The summed E-state index contributed by atoms with van der Waals surface area (Å²) in [6, 6.07) is 5.73. The lowest BCUT2D eigenvalue weighted by atomic mass is 10.2. The third-order valence-corrected chi connectivity index (χ3v) is 2.29. The molecule has 2 N–H and O–H groups in total. The molecule has 1 aromatic heterocycles. The molecular weight excluding hydrogens is 178 g/mol. The molecule has 1 aromatic carbocycles. The number of hydrogen-bond acceptors (Lipinski definition) is 3. The van der Waals surface area contributed by atoms with Crippen LogP contribution >= 0.6 is 0 Å². The topological polar surface area (TPSA) is 53.1 Å². The zero-order chi connectivity index (χ0) is 10.1. The number of benzene rings is 1. The number of aromatic nitrogens is 2. The fraction of sp³-hybridized carbons (Fsp3) is 0.300. The molecule has 2 aromatic rings. The Bertz CT molecular complexity index is 462. The van der Waals surface area contributed by atoms with Gasteiger partial charge < -0.3 is 10.5 Å². The minimum atomic E-state index is 0.667. The van der Waals surface area contributed by atoms with E-state index in [1.54, 1.807) is 11.8 Å². The molecule has 14 heavy (non-hydrogen) atoms. The first-order valence-electron chi connectivity index (χ1n) is 4.57. The van der Waals surface area contributed by atoms with Gasteiger partial charge in [-0.05, 0) is 19.1 Å². The van der Waals surface area contributed by atoms with Crippen molar-refractivity contribution in [2.45, 2.75) is 13.5 Å². The number of ether oxygens (including phenoxy) is 1. The molecule has 0 bridgehead atoms. The second-order valence-corrected chi connectivity index (χ2v) is 3.06. The van der Waals surface area contributed by atoms with Crippen molar-refractivity contribution in [3.8, 4) is 5.75 Å². The van der Waals surface area contributed by atoms with Crippen molar-refractivity contribution in [1.29, 1.82) is 0 Å². The van der Waals surface area contributed by atoms with Crippen LogP contribution in [0.2, 0.25) is 0 Å². The molecule has 0 aliphatic carbocycles. The summed E-state index contributed by atoms with van der Waals surface area (Å²) < 4.78 is 7.00. The molecule has 0 spiro atoms. The van der Waals surface area contributed by atoms with E-state index >= 15 is 0 Å². The van der Waals surface area contributed by atoms with Gasteiger partial charge in [0.1, 0.15) is 11.6 Å². The first-order valence-corrected chi connectivity index (χ1v) is 4.57. The van der Waals surface area contributed by atoms with E-state index in [0.29, 0.717) is 5.82 Å². The molecule has 74 valence electrons. The van der Waals surface area contributed by atoms with Crippen LogP contribution in [0, 0.1) is 0 Å². The maximum absolute atomic E-state index is 5.95. The molecule has 4 heteroatoms. The minimum absolute atomic E-state index is 0.667. The predicted octanol–water partition coefficient (Wildman–Crippen LogP) is 1.65. The number of nitrogens with zero attached hydrogens (tertiary/aromatic N) is 2. The quantitative estimate of drug-likeness (QED) is 0.785. The normalized spacial score (nSPS) is 10.7. The van der Waals surface area contributed by atoms with Gasteiger partial charge in [0.2, 0.25) is 0 Å². The summed E-state index contributed by atoms with van der Waals surface area (Å²) in [5, 5.41) is 5.25. The second kappa shape index (κ2) is 3.21. The maximum atomic E-state index is 5.95. The predicted molar refractivity (Wildman–Crippen MR) is 56.4 cm³/mol. The number of methoxy groups -OCH3 is 1. The fourth-order valence-corrected chi connectivity index (χ4v) is 1.58. The van der Waals surface area contributed by atoms with Gasteiger partial charge in [0.15, 0.2) is 0 Å². The summed E-state index contributed by atoms with van der Waals surface area (Å²) in [5.74, 6) is 1.44. The molecule has 0 saturated carbocycles. The van der Waals surface area contributed by atoms with Crippen molar-refractivity contribution >= 4 is 16.7 Å². The van der Waals surface area contributed by atoms with Gasteiger partial charge in [-0.15, -0.1) is 0 Å². The number of anilines is 1. The molecule has 0 amide bonds. The standard InChI is InChI=1S/C10H13N3O/c1-3-13-10(11)9-7(12-13)5-4-6-8(9)14-2/h4-6H,3,11H2,1-2H3. The van der Waals surface area contributed by atoms with E-state index in [4.69, 9.17) is 10.5 Å². The van der Waals surface area contributed by atoms with Crippen LogP contribution in [0.1, 0.15) is 6.92 Å². The van der Waals surface area contributed by atoms with Gasteiger partial charge in [-0.1, -0.05) is 6.07 Å². The molecule has 0 fully saturated rings. The molecule has 0 saturated heterocycles. The van der Waals surface area contributed by atoms with Crippen molar-refractivity contribution in [2.24, 2.45) is 0 Å². The summed E-state index contributed by atoms with van der Waals surface area (Å²) in [7, 11) is 1.64. The molecular formula is C10H13N3O. The first kappa shape index (κ1) is 8.87. The minimum Gasteiger partial charge on any atom is -0.496 e. The lowest BCUT2D eigenvalue weighted by Crippen LogP contribution is -2.01. The SMILES string of the molecule is CCn1nc2cccc(OC)c2c1N. The zero-order valence-electron chi connectivity index (χ0n) is 8.32. The Labute approximate surface area is 82.3 Å². The van der Waals surface area contributed by atoms with Crippen molar-refractivity contribution in [3.63, 3.8) is 0 Å². The molecule has 0 radical (unpaired) electrons. The summed E-state index contributed by atoms with van der Waals surface area (Å²) in [6.07, 6.45) is 0. The highest BCUT2D eigenvalue weighted by Gasteiger charge is 2.10. The Balaban J connectivity index is 2.79. The van der Waals surface area contributed by atoms with Crippen LogP contribution in [0.15, 0.2) is 18.2 Å².